The van der Waals surface area contributed by atoms with Crippen molar-refractivity contribution in [2.45, 2.75) is 25.8 Å². The summed E-state index contributed by atoms with van der Waals surface area (Å²) in [6.07, 6.45) is 1.05. The molecule has 1 aliphatic rings. The van der Waals surface area contributed by atoms with Crippen LogP contribution in [0.25, 0.3) is 5.65 Å². The molecule has 3 heterocycles. The summed E-state index contributed by atoms with van der Waals surface area (Å²) in [5.41, 5.74) is 3.89. The van der Waals surface area contributed by atoms with E-state index in [1.54, 1.807) is 6.07 Å². The van der Waals surface area contributed by atoms with E-state index in [9.17, 15) is 4.79 Å². The molecule has 0 saturated carbocycles. The Morgan fingerprint density at radius 2 is 2.09 bits per heavy atom. The normalized spacial score (nSPS) is 18.7. The molecule has 3 aromatic rings. The topological polar surface area (TPSA) is 53.4 Å². The van der Waals surface area contributed by atoms with Crippen LogP contribution in [0.1, 0.15) is 29.3 Å². The van der Waals surface area contributed by atoms with Crippen LogP contribution in [0.15, 0.2) is 47.3 Å². The molecule has 1 N–H and O–H groups in total. The van der Waals surface area contributed by atoms with Crippen LogP contribution in [0.3, 0.4) is 0 Å². The number of fused-ring (bicyclic) bond motifs is 1. The Balaban J connectivity index is 1.54. The van der Waals surface area contributed by atoms with Gasteiger partial charge >= 0.3 is 0 Å². The van der Waals surface area contributed by atoms with Gasteiger partial charge in [0.25, 0.3) is 5.56 Å². The van der Waals surface area contributed by atoms with E-state index in [1.165, 1.54) is 10.1 Å². The molecule has 2 aromatic heterocycles. The van der Waals surface area contributed by atoms with Crippen LogP contribution in [0.2, 0.25) is 0 Å². The summed E-state index contributed by atoms with van der Waals surface area (Å²) in [6.45, 7) is 4.90. The number of H-pyrrole nitrogens is 1. The lowest BCUT2D eigenvalue weighted by Gasteiger charge is -2.15. The van der Waals surface area contributed by atoms with Crippen LogP contribution in [0.4, 0.5) is 0 Å². The predicted molar refractivity (Wildman–Crippen MR) is 89.6 cm³/mol. The van der Waals surface area contributed by atoms with Gasteiger partial charge in [0.05, 0.1) is 5.69 Å². The quantitative estimate of drug-likeness (QED) is 0.808. The van der Waals surface area contributed by atoms with Gasteiger partial charge in [-0.2, -0.15) is 0 Å². The van der Waals surface area contributed by atoms with Gasteiger partial charge in [0.15, 0.2) is 5.65 Å². The van der Waals surface area contributed by atoms with Crippen molar-refractivity contribution >= 4 is 5.65 Å². The van der Waals surface area contributed by atoms with Gasteiger partial charge in [0.1, 0.15) is 0 Å². The third-order valence-electron chi connectivity index (χ3n) is 4.54. The second-order valence-electron chi connectivity index (χ2n) is 6.36. The molecule has 1 aliphatic heterocycles. The molecule has 0 radical (unpaired) electrons. The number of rotatable bonds is 3. The molecule has 0 amide bonds. The molecular formula is C18H20N4O. The van der Waals surface area contributed by atoms with Crippen LogP contribution in [-0.2, 0) is 6.54 Å². The maximum absolute atomic E-state index is 12.2. The van der Waals surface area contributed by atoms with Crippen LogP contribution >= 0.6 is 0 Å². The lowest BCUT2D eigenvalue weighted by Crippen LogP contribution is -2.21. The molecule has 0 aliphatic carbocycles. The van der Waals surface area contributed by atoms with E-state index >= 15 is 0 Å². The Morgan fingerprint density at radius 1 is 1.26 bits per heavy atom. The van der Waals surface area contributed by atoms with Crippen molar-refractivity contribution < 1.29 is 0 Å². The van der Waals surface area contributed by atoms with E-state index < -0.39 is 0 Å². The van der Waals surface area contributed by atoms with Gasteiger partial charge in [-0.25, -0.2) is 9.50 Å². The van der Waals surface area contributed by atoms with Gasteiger partial charge in [0, 0.05) is 36.8 Å². The minimum absolute atomic E-state index is 0.0281. The maximum Gasteiger partial charge on any atom is 0.272 e. The lowest BCUT2D eigenvalue weighted by molar-refractivity contribution is 0.326. The Labute approximate surface area is 134 Å². The van der Waals surface area contributed by atoms with Gasteiger partial charge in [-0.3, -0.25) is 14.8 Å². The van der Waals surface area contributed by atoms with Crippen molar-refractivity contribution in [2.24, 2.45) is 0 Å². The molecule has 1 unspecified atom stereocenters. The highest BCUT2D eigenvalue weighted by Gasteiger charge is 2.25. The van der Waals surface area contributed by atoms with Crippen molar-refractivity contribution in [1.29, 1.82) is 0 Å². The van der Waals surface area contributed by atoms with Crippen molar-refractivity contribution in [3.8, 4) is 0 Å². The van der Waals surface area contributed by atoms with Gasteiger partial charge in [-0.1, -0.05) is 30.3 Å². The maximum atomic E-state index is 12.2. The molecule has 0 bridgehead atoms. The number of likely N-dealkylation sites (tertiary alicyclic amines) is 1. The van der Waals surface area contributed by atoms with E-state index in [-0.39, 0.29) is 5.56 Å². The Morgan fingerprint density at radius 3 is 2.91 bits per heavy atom. The Kier molecular flexibility index (Phi) is 3.50. The van der Waals surface area contributed by atoms with Crippen LogP contribution in [0, 0.1) is 6.92 Å². The van der Waals surface area contributed by atoms with E-state index in [0.29, 0.717) is 11.6 Å². The van der Waals surface area contributed by atoms with Crippen molar-refractivity contribution in [1.82, 2.24) is 19.5 Å². The Hall–Kier alpha value is -2.40. The first-order valence-electron chi connectivity index (χ1n) is 8.04. The molecule has 1 aromatic carbocycles. The SMILES string of the molecule is Cc1cc2nc(C3CCN(Cc4ccccc4)C3)cc(=O)n2[nH]1. The fraction of sp³-hybridized carbons (Fsp3) is 0.333. The Bertz CT molecular complexity index is 881. The first-order chi connectivity index (χ1) is 11.2. The second kappa shape index (κ2) is 5.66. The summed E-state index contributed by atoms with van der Waals surface area (Å²) >= 11 is 0. The average molecular weight is 308 g/mol. The standard InChI is InChI=1S/C18H20N4O/c1-13-9-17-19-16(10-18(23)22(17)20-13)15-7-8-21(12-15)11-14-5-3-2-4-6-14/h2-6,9-10,15,20H,7-8,11-12H2,1H3. The highest BCUT2D eigenvalue weighted by atomic mass is 16.1. The molecule has 5 nitrogen and oxygen atoms in total. The van der Waals surface area contributed by atoms with Gasteiger partial charge < -0.3 is 0 Å². The van der Waals surface area contributed by atoms with Gasteiger partial charge in [-0.05, 0) is 25.5 Å². The number of benzene rings is 1. The number of aryl methyl sites for hydroxylation is 1. The number of aromatic nitrogens is 3. The van der Waals surface area contributed by atoms with Crippen molar-refractivity contribution in [3.63, 3.8) is 0 Å². The lowest BCUT2D eigenvalue weighted by atomic mass is 10.0. The number of hydrogen-bond acceptors (Lipinski definition) is 3. The van der Waals surface area contributed by atoms with E-state index in [1.807, 2.05) is 19.1 Å². The number of aromatic amines is 1. The molecule has 4 rings (SSSR count). The first kappa shape index (κ1) is 14.2. The fourth-order valence-corrected chi connectivity index (χ4v) is 3.40. The molecule has 5 heteroatoms. The monoisotopic (exact) mass is 308 g/mol. The smallest absolute Gasteiger partial charge is 0.272 e. The van der Waals surface area contributed by atoms with E-state index in [2.05, 4.69) is 39.2 Å². The second-order valence-corrected chi connectivity index (χ2v) is 6.36. The minimum Gasteiger partial charge on any atom is -0.298 e. The van der Waals surface area contributed by atoms with Crippen molar-refractivity contribution in [2.75, 3.05) is 13.1 Å². The van der Waals surface area contributed by atoms with E-state index in [4.69, 9.17) is 0 Å². The van der Waals surface area contributed by atoms with Gasteiger partial charge in [-0.15, -0.1) is 0 Å². The average Bonchev–Trinajstić information content (AvgIpc) is 3.14. The summed E-state index contributed by atoms with van der Waals surface area (Å²) in [4.78, 5) is 19.3. The molecule has 1 fully saturated rings. The predicted octanol–water partition coefficient (Wildman–Crippen LogP) is 2.32. The summed E-state index contributed by atoms with van der Waals surface area (Å²) < 4.78 is 1.51. The number of nitrogens with zero attached hydrogens (tertiary/aromatic N) is 3. The zero-order valence-electron chi connectivity index (χ0n) is 13.2. The van der Waals surface area contributed by atoms with Crippen LogP contribution in [0.5, 0.6) is 0 Å². The van der Waals surface area contributed by atoms with Crippen molar-refractivity contribution in [3.05, 3.63) is 69.8 Å². The summed E-state index contributed by atoms with van der Waals surface area (Å²) in [5, 5.41) is 3.02. The third kappa shape index (κ3) is 2.80. The molecule has 0 spiro atoms. The van der Waals surface area contributed by atoms with Crippen LogP contribution < -0.4 is 5.56 Å². The molecule has 1 atom stereocenters. The third-order valence-corrected chi connectivity index (χ3v) is 4.54. The van der Waals surface area contributed by atoms with E-state index in [0.717, 1.165) is 37.4 Å². The molecule has 23 heavy (non-hydrogen) atoms. The fourth-order valence-electron chi connectivity index (χ4n) is 3.40. The molecule has 1 saturated heterocycles. The summed E-state index contributed by atoms with van der Waals surface area (Å²) in [5.74, 6) is 0.339. The molecular weight excluding hydrogens is 288 g/mol. The zero-order chi connectivity index (χ0) is 15.8. The highest BCUT2D eigenvalue weighted by Crippen LogP contribution is 2.26. The minimum atomic E-state index is -0.0281. The van der Waals surface area contributed by atoms with Gasteiger partial charge in [0.2, 0.25) is 0 Å². The largest absolute Gasteiger partial charge is 0.298 e. The number of hydrogen-bond donors (Lipinski definition) is 1. The summed E-state index contributed by atoms with van der Waals surface area (Å²) in [6, 6.07) is 14.1. The first-order valence-corrected chi connectivity index (χ1v) is 8.04. The summed E-state index contributed by atoms with van der Waals surface area (Å²) in [7, 11) is 0. The van der Waals surface area contributed by atoms with Crippen LogP contribution in [-0.4, -0.2) is 32.6 Å². The number of nitrogens with one attached hydrogen (secondary N) is 1. The highest BCUT2D eigenvalue weighted by molar-refractivity contribution is 5.40. The zero-order valence-corrected chi connectivity index (χ0v) is 13.2. The molecule has 118 valence electrons.